The number of carbonyl (C=O) groups excluding carboxylic acids is 1. The van der Waals surface area contributed by atoms with Crippen LogP contribution < -0.4 is 5.32 Å². The number of carbonyl (C=O) groups is 1. The molecule has 0 saturated heterocycles. The van der Waals surface area contributed by atoms with Gasteiger partial charge in [0.1, 0.15) is 18.1 Å². The molecule has 0 radical (unpaired) electrons. The van der Waals surface area contributed by atoms with Gasteiger partial charge in [-0.1, -0.05) is 11.8 Å². The Bertz CT molecular complexity index is 698. The second-order valence-corrected chi connectivity index (χ2v) is 4.00. The zero-order valence-corrected chi connectivity index (χ0v) is 10.7. The molecule has 0 atom stereocenters. The first-order valence-electron chi connectivity index (χ1n) is 5.79. The van der Waals surface area contributed by atoms with Crippen molar-refractivity contribution in [1.82, 2.24) is 9.55 Å². The van der Waals surface area contributed by atoms with Gasteiger partial charge in [-0.2, -0.15) is 0 Å². The third-order valence-corrected chi connectivity index (χ3v) is 2.58. The van der Waals surface area contributed by atoms with Crippen LogP contribution in [0.1, 0.15) is 16.1 Å². The molecule has 1 aromatic heterocycles. The predicted molar refractivity (Wildman–Crippen MR) is 71.5 cm³/mol. The lowest BCUT2D eigenvalue weighted by Crippen LogP contribution is -2.16. The van der Waals surface area contributed by atoms with Crippen LogP contribution in [0, 0.1) is 17.7 Å². The van der Waals surface area contributed by atoms with Gasteiger partial charge in [0.05, 0.1) is 18.2 Å². The van der Waals surface area contributed by atoms with Crippen molar-refractivity contribution in [3.8, 4) is 11.8 Å². The zero-order valence-electron chi connectivity index (χ0n) is 10.7. The maximum atomic E-state index is 13.8. The van der Waals surface area contributed by atoms with Crippen molar-refractivity contribution < 1.29 is 14.3 Å². The van der Waals surface area contributed by atoms with Crippen LogP contribution >= 0.6 is 0 Å². The first-order chi connectivity index (χ1) is 9.61. The number of aromatic nitrogens is 2. The first kappa shape index (κ1) is 13.8. The van der Waals surface area contributed by atoms with Crippen LogP contribution in [-0.4, -0.2) is 27.2 Å². The number of aliphatic hydroxyl groups is 1. The van der Waals surface area contributed by atoms with Crippen molar-refractivity contribution in [2.45, 2.75) is 0 Å². The van der Waals surface area contributed by atoms with Crippen molar-refractivity contribution in [3.63, 3.8) is 0 Å². The molecular formula is C14H12FN3O2. The minimum absolute atomic E-state index is 0.0609. The molecule has 0 aliphatic rings. The Balaban J connectivity index is 2.18. The van der Waals surface area contributed by atoms with E-state index in [1.807, 2.05) is 0 Å². The predicted octanol–water partition coefficient (Wildman–Crippen LogP) is 1.16. The molecule has 2 rings (SSSR count). The molecule has 6 heteroatoms. The minimum Gasteiger partial charge on any atom is -0.384 e. The lowest BCUT2D eigenvalue weighted by molar-refractivity contribution is 0.101. The van der Waals surface area contributed by atoms with Gasteiger partial charge >= 0.3 is 0 Å². The fourth-order valence-corrected chi connectivity index (χ4v) is 1.60. The Hall–Kier alpha value is -2.65. The van der Waals surface area contributed by atoms with Gasteiger partial charge in [0, 0.05) is 12.6 Å². The van der Waals surface area contributed by atoms with Crippen LogP contribution in [0.3, 0.4) is 0 Å². The van der Waals surface area contributed by atoms with Crippen molar-refractivity contribution in [2.24, 2.45) is 7.05 Å². The topological polar surface area (TPSA) is 67.2 Å². The molecule has 0 unspecified atom stereocenters. The summed E-state index contributed by atoms with van der Waals surface area (Å²) in [5, 5.41) is 11.0. The summed E-state index contributed by atoms with van der Waals surface area (Å²) in [6.45, 7) is -0.291. The molecular weight excluding hydrogens is 261 g/mol. The van der Waals surface area contributed by atoms with Crippen molar-refractivity contribution in [3.05, 3.63) is 47.8 Å². The number of hydrogen-bond donors (Lipinski definition) is 2. The van der Waals surface area contributed by atoms with Gasteiger partial charge in [-0.15, -0.1) is 0 Å². The Morgan fingerprint density at radius 1 is 1.55 bits per heavy atom. The van der Waals surface area contributed by atoms with Crippen LogP contribution in [0.25, 0.3) is 0 Å². The second-order valence-electron chi connectivity index (χ2n) is 4.00. The molecule has 0 aliphatic heterocycles. The highest BCUT2D eigenvalue weighted by Crippen LogP contribution is 2.16. The van der Waals surface area contributed by atoms with E-state index in [9.17, 15) is 9.18 Å². The Morgan fingerprint density at radius 3 is 2.95 bits per heavy atom. The molecule has 2 N–H and O–H groups in total. The van der Waals surface area contributed by atoms with Crippen LogP contribution in [0.4, 0.5) is 10.1 Å². The lowest BCUT2D eigenvalue weighted by Gasteiger charge is -2.06. The minimum atomic E-state index is -0.592. The standard InChI is InChI=1S/C14H12FN3O2/c1-18-9-16-8-13(18)14(20)17-12-5-4-10(3-2-6-19)7-11(12)15/h4-5,7-9,19H,6H2,1H3,(H,17,20). The van der Waals surface area contributed by atoms with Gasteiger partial charge in [0.2, 0.25) is 0 Å². The first-order valence-corrected chi connectivity index (χ1v) is 5.79. The summed E-state index contributed by atoms with van der Waals surface area (Å²) >= 11 is 0. The summed E-state index contributed by atoms with van der Waals surface area (Å²) in [5.74, 6) is 3.97. The average molecular weight is 273 g/mol. The number of amides is 1. The van der Waals surface area contributed by atoms with E-state index in [1.54, 1.807) is 13.1 Å². The SMILES string of the molecule is Cn1cncc1C(=O)Nc1ccc(C#CCO)cc1F. The molecule has 2 aromatic rings. The van der Waals surface area contributed by atoms with Crippen molar-refractivity contribution in [1.29, 1.82) is 0 Å². The highest BCUT2D eigenvalue weighted by atomic mass is 19.1. The van der Waals surface area contributed by atoms with Crippen LogP contribution in [-0.2, 0) is 7.05 Å². The molecule has 20 heavy (non-hydrogen) atoms. The number of anilines is 1. The number of halogens is 1. The number of imidazole rings is 1. The Labute approximate surface area is 115 Å². The molecule has 1 amide bonds. The van der Waals surface area contributed by atoms with Crippen LogP contribution in [0.2, 0.25) is 0 Å². The average Bonchev–Trinajstić information content (AvgIpc) is 2.85. The van der Waals surface area contributed by atoms with E-state index in [-0.39, 0.29) is 12.3 Å². The van der Waals surface area contributed by atoms with Crippen LogP contribution in [0.5, 0.6) is 0 Å². The molecule has 0 saturated carbocycles. The second kappa shape index (κ2) is 5.99. The molecule has 1 aromatic carbocycles. The lowest BCUT2D eigenvalue weighted by atomic mass is 10.2. The van der Waals surface area contributed by atoms with E-state index in [4.69, 9.17) is 5.11 Å². The zero-order chi connectivity index (χ0) is 14.5. The quantitative estimate of drug-likeness (QED) is 0.807. The van der Waals surface area contributed by atoms with Crippen LogP contribution in [0.15, 0.2) is 30.7 Å². The van der Waals surface area contributed by atoms with E-state index in [2.05, 4.69) is 22.1 Å². The number of nitrogens with one attached hydrogen (secondary N) is 1. The summed E-state index contributed by atoms with van der Waals surface area (Å²) < 4.78 is 15.3. The van der Waals surface area contributed by atoms with Gasteiger partial charge in [-0.25, -0.2) is 9.37 Å². The number of aliphatic hydroxyl groups excluding tert-OH is 1. The molecule has 0 spiro atoms. The maximum absolute atomic E-state index is 13.8. The van der Waals surface area contributed by atoms with E-state index >= 15 is 0 Å². The third kappa shape index (κ3) is 3.02. The monoisotopic (exact) mass is 273 g/mol. The normalized spacial score (nSPS) is 9.75. The molecule has 0 bridgehead atoms. The fourth-order valence-electron chi connectivity index (χ4n) is 1.60. The summed E-state index contributed by atoms with van der Waals surface area (Å²) in [7, 11) is 1.67. The van der Waals surface area contributed by atoms with E-state index < -0.39 is 11.7 Å². The van der Waals surface area contributed by atoms with Gasteiger partial charge in [0.25, 0.3) is 5.91 Å². The van der Waals surface area contributed by atoms with Gasteiger partial charge in [-0.05, 0) is 18.2 Å². The summed E-state index contributed by atoms with van der Waals surface area (Å²) in [6.07, 6.45) is 2.88. The smallest absolute Gasteiger partial charge is 0.274 e. The molecule has 0 fully saturated rings. The van der Waals surface area contributed by atoms with Gasteiger partial charge in [0.15, 0.2) is 0 Å². The third-order valence-electron chi connectivity index (χ3n) is 2.58. The molecule has 0 aliphatic carbocycles. The summed E-state index contributed by atoms with van der Waals surface area (Å²) in [6, 6.07) is 4.18. The highest BCUT2D eigenvalue weighted by molar-refractivity contribution is 6.03. The van der Waals surface area contributed by atoms with Crippen molar-refractivity contribution in [2.75, 3.05) is 11.9 Å². The highest BCUT2D eigenvalue weighted by Gasteiger charge is 2.12. The molecule has 5 nitrogen and oxygen atoms in total. The summed E-state index contributed by atoms with van der Waals surface area (Å²) in [5.41, 5.74) is 0.814. The Kier molecular flexibility index (Phi) is 4.13. The Morgan fingerprint density at radius 2 is 2.35 bits per heavy atom. The molecule has 102 valence electrons. The number of rotatable bonds is 2. The van der Waals surface area contributed by atoms with Gasteiger partial charge in [-0.3, -0.25) is 4.79 Å². The van der Waals surface area contributed by atoms with E-state index in [0.29, 0.717) is 11.3 Å². The van der Waals surface area contributed by atoms with Crippen molar-refractivity contribution >= 4 is 11.6 Å². The number of nitrogens with zero attached hydrogens (tertiary/aromatic N) is 2. The number of hydrogen-bond acceptors (Lipinski definition) is 3. The van der Waals surface area contributed by atoms with Gasteiger partial charge < -0.3 is 15.0 Å². The maximum Gasteiger partial charge on any atom is 0.274 e. The largest absolute Gasteiger partial charge is 0.384 e. The summed E-state index contributed by atoms with van der Waals surface area (Å²) in [4.78, 5) is 15.7. The number of benzene rings is 1. The fraction of sp³-hybridized carbons (Fsp3) is 0.143. The molecule has 1 heterocycles. The van der Waals surface area contributed by atoms with E-state index in [1.165, 1.54) is 29.2 Å². The van der Waals surface area contributed by atoms with E-state index in [0.717, 1.165) is 0 Å². The number of aryl methyl sites for hydroxylation is 1.